The fourth-order valence-corrected chi connectivity index (χ4v) is 1.59. The van der Waals surface area contributed by atoms with Crippen molar-refractivity contribution >= 4 is 5.97 Å². The molecule has 1 rings (SSSR count). The third-order valence-electron chi connectivity index (χ3n) is 2.63. The van der Waals surface area contributed by atoms with Crippen LogP contribution in [0.1, 0.15) is 25.0 Å². The van der Waals surface area contributed by atoms with E-state index in [4.69, 9.17) is 10.4 Å². The van der Waals surface area contributed by atoms with Crippen molar-refractivity contribution in [3.8, 4) is 6.07 Å². The van der Waals surface area contributed by atoms with E-state index < -0.39 is 17.8 Å². The third kappa shape index (κ3) is 3.54. The lowest BCUT2D eigenvalue weighted by Gasteiger charge is -2.18. The van der Waals surface area contributed by atoms with E-state index in [-0.39, 0.29) is 18.0 Å². The van der Waals surface area contributed by atoms with Crippen LogP contribution in [0.25, 0.3) is 0 Å². The molecule has 0 aliphatic heterocycles. The minimum atomic E-state index is -0.959. The molecule has 0 bridgehead atoms. The Hall–Kier alpha value is -1.93. The fourth-order valence-electron chi connectivity index (χ4n) is 1.59. The first-order valence-electron chi connectivity index (χ1n) is 5.60. The molecule has 1 aromatic carbocycles. The van der Waals surface area contributed by atoms with E-state index in [0.717, 1.165) is 6.07 Å². The number of hydrogen-bond acceptors (Lipinski definition) is 3. The zero-order valence-electron chi connectivity index (χ0n) is 10.3. The molecule has 0 amide bonds. The maximum absolute atomic E-state index is 13.6. The normalized spacial score (nSPS) is 12.2. The summed E-state index contributed by atoms with van der Waals surface area (Å²) in [5, 5.41) is 20.4. The van der Waals surface area contributed by atoms with Crippen LogP contribution < -0.4 is 5.32 Å². The maximum atomic E-state index is 13.6. The van der Waals surface area contributed by atoms with Crippen LogP contribution in [-0.2, 0) is 11.3 Å². The van der Waals surface area contributed by atoms with Crippen molar-refractivity contribution in [3.05, 3.63) is 35.1 Å². The van der Waals surface area contributed by atoms with E-state index in [1.54, 1.807) is 13.8 Å². The van der Waals surface area contributed by atoms with Gasteiger partial charge in [0.05, 0.1) is 11.6 Å². The predicted octanol–water partition coefficient (Wildman–Crippen LogP) is 1.90. The monoisotopic (exact) mass is 250 g/mol. The molecule has 0 fully saturated rings. The smallest absolute Gasteiger partial charge is 0.320 e. The van der Waals surface area contributed by atoms with Gasteiger partial charge in [0.1, 0.15) is 11.9 Å². The molecule has 0 aromatic heterocycles. The van der Waals surface area contributed by atoms with Crippen LogP contribution in [0, 0.1) is 23.1 Å². The summed E-state index contributed by atoms with van der Waals surface area (Å²) in [6.45, 7) is 3.68. The average Bonchev–Trinajstić information content (AvgIpc) is 2.30. The van der Waals surface area contributed by atoms with Crippen molar-refractivity contribution in [1.29, 1.82) is 5.26 Å². The second-order valence-electron chi connectivity index (χ2n) is 4.36. The van der Waals surface area contributed by atoms with Crippen LogP contribution in [0.3, 0.4) is 0 Å². The number of nitrogens with zero attached hydrogens (tertiary/aromatic N) is 1. The molecule has 1 aromatic rings. The number of hydrogen-bond donors (Lipinski definition) is 2. The van der Waals surface area contributed by atoms with Crippen molar-refractivity contribution in [2.24, 2.45) is 5.92 Å². The summed E-state index contributed by atoms with van der Waals surface area (Å²) < 4.78 is 13.6. The molecule has 0 radical (unpaired) electrons. The van der Waals surface area contributed by atoms with Crippen LogP contribution in [0.2, 0.25) is 0 Å². The Morgan fingerprint density at radius 3 is 2.67 bits per heavy atom. The molecule has 0 heterocycles. The largest absolute Gasteiger partial charge is 0.480 e. The SMILES string of the molecule is CC(C)C(NCc1ccc(C#N)cc1F)C(=O)O. The van der Waals surface area contributed by atoms with Gasteiger partial charge in [-0.05, 0) is 18.1 Å². The van der Waals surface area contributed by atoms with Gasteiger partial charge >= 0.3 is 5.97 Å². The Balaban J connectivity index is 2.74. The quantitative estimate of drug-likeness (QED) is 0.837. The lowest BCUT2D eigenvalue weighted by molar-refractivity contribution is -0.140. The Bertz CT molecular complexity index is 480. The number of aliphatic carboxylic acids is 1. The Morgan fingerprint density at radius 2 is 2.22 bits per heavy atom. The highest BCUT2D eigenvalue weighted by atomic mass is 19.1. The van der Waals surface area contributed by atoms with Gasteiger partial charge in [0, 0.05) is 12.1 Å². The molecule has 0 saturated carbocycles. The van der Waals surface area contributed by atoms with E-state index in [1.807, 2.05) is 6.07 Å². The summed E-state index contributed by atoms with van der Waals surface area (Å²) in [5.74, 6) is -1.56. The molecular weight excluding hydrogens is 235 g/mol. The van der Waals surface area contributed by atoms with E-state index >= 15 is 0 Å². The molecule has 18 heavy (non-hydrogen) atoms. The van der Waals surface area contributed by atoms with Gasteiger partial charge in [-0.2, -0.15) is 5.26 Å². The minimum absolute atomic E-state index is 0.0936. The van der Waals surface area contributed by atoms with Gasteiger partial charge in [-0.25, -0.2) is 4.39 Å². The highest BCUT2D eigenvalue weighted by Gasteiger charge is 2.20. The number of rotatable bonds is 5. The van der Waals surface area contributed by atoms with Crippen LogP contribution >= 0.6 is 0 Å². The van der Waals surface area contributed by atoms with E-state index in [0.29, 0.717) is 5.56 Å². The number of nitriles is 1. The van der Waals surface area contributed by atoms with Crippen molar-refractivity contribution in [2.45, 2.75) is 26.4 Å². The molecule has 0 aliphatic carbocycles. The van der Waals surface area contributed by atoms with Gasteiger partial charge in [0.15, 0.2) is 0 Å². The molecule has 1 unspecified atom stereocenters. The molecule has 0 aliphatic rings. The van der Waals surface area contributed by atoms with Gasteiger partial charge in [0.25, 0.3) is 0 Å². The number of benzene rings is 1. The van der Waals surface area contributed by atoms with Gasteiger partial charge in [-0.1, -0.05) is 19.9 Å². The van der Waals surface area contributed by atoms with Gasteiger partial charge in [0.2, 0.25) is 0 Å². The zero-order chi connectivity index (χ0) is 13.7. The Kier molecular flexibility index (Phi) is 4.81. The summed E-state index contributed by atoms with van der Waals surface area (Å²) in [4.78, 5) is 10.9. The first kappa shape index (κ1) is 14.1. The summed E-state index contributed by atoms with van der Waals surface area (Å²) in [7, 11) is 0. The van der Waals surface area contributed by atoms with Crippen LogP contribution in [0.5, 0.6) is 0 Å². The molecule has 0 saturated heterocycles. The van der Waals surface area contributed by atoms with Crippen molar-refractivity contribution < 1.29 is 14.3 Å². The second kappa shape index (κ2) is 6.12. The number of halogens is 1. The van der Waals surface area contributed by atoms with Crippen LogP contribution in [0.4, 0.5) is 4.39 Å². The van der Waals surface area contributed by atoms with E-state index in [9.17, 15) is 9.18 Å². The molecule has 2 N–H and O–H groups in total. The number of carbonyl (C=O) groups is 1. The van der Waals surface area contributed by atoms with Crippen molar-refractivity contribution in [3.63, 3.8) is 0 Å². The molecule has 96 valence electrons. The summed E-state index contributed by atoms with van der Waals surface area (Å²) in [5.41, 5.74) is 0.593. The highest BCUT2D eigenvalue weighted by Crippen LogP contribution is 2.11. The summed E-state index contributed by atoms with van der Waals surface area (Å²) >= 11 is 0. The first-order chi connectivity index (χ1) is 8.45. The fraction of sp³-hybridized carbons (Fsp3) is 0.385. The van der Waals surface area contributed by atoms with Crippen molar-refractivity contribution in [2.75, 3.05) is 0 Å². The molecule has 5 heteroatoms. The topological polar surface area (TPSA) is 73.1 Å². The highest BCUT2D eigenvalue weighted by molar-refractivity contribution is 5.73. The van der Waals surface area contributed by atoms with Crippen molar-refractivity contribution in [1.82, 2.24) is 5.32 Å². The van der Waals surface area contributed by atoms with Crippen LogP contribution in [0.15, 0.2) is 18.2 Å². The Labute approximate surface area is 105 Å². The maximum Gasteiger partial charge on any atom is 0.320 e. The molecule has 1 atom stereocenters. The number of carboxylic acid groups (broad SMARTS) is 1. The van der Waals surface area contributed by atoms with E-state index in [2.05, 4.69) is 5.32 Å². The van der Waals surface area contributed by atoms with Gasteiger partial charge in [-0.3, -0.25) is 10.1 Å². The zero-order valence-corrected chi connectivity index (χ0v) is 10.3. The molecule has 4 nitrogen and oxygen atoms in total. The number of nitrogens with one attached hydrogen (secondary N) is 1. The van der Waals surface area contributed by atoms with Crippen LogP contribution in [-0.4, -0.2) is 17.1 Å². The Morgan fingerprint density at radius 1 is 1.56 bits per heavy atom. The van der Waals surface area contributed by atoms with Gasteiger partial charge in [-0.15, -0.1) is 0 Å². The van der Waals surface area contributed by atoms with E-state index in [1.165, 1.54) is 12.1 Å². The third-order valence-corrected chi connectivity index (χ3v) is 2.63. The lowest BCUT2D eigenvalue weighted by atomic mass is 10.0. The first-order valence-corrected chi connectivity index (χ1v) is 5.60. The predicted molar refractivity (Wildman–Crippen MR) is 64.2 cm³/mol. The second-order valence-corrected chi connectivity index (χ2v) is 4.36. The molecular formula is C13H15FN2O2. The summed E-state index contributed by atoms with van der Waals surface area (Å²) in [6.07, 6.45) is 0. The standard InChI is InChI=1S/C13H15FN2O2/c1-8(2)12(13(17)18)16-7-10-4-3-9(6-15)5-11(10)14/h3-5,8,12,16H,7H2,1-2H3,(H,17,18). The lowest BCUT2D eigenvalue weighted by Crippen LogP contribution is -2.40. The number of carboxylic acids is 1. The van der Waals surface area contributed by atoms with Gasteiger partial charge < -0.3 is 5.11 Å². The molecule has 0 spiro atoms. The average molecular weight is 250 g/mol. The minimum Gasteiger partial charge on any atom is -0.480 e. The summed E-state index contributed by atoms with van der Waals surface area (Å²) in [6, 6.07) is 5.25.